The molecule has 1 aliphatic heterocycles. The molecule has 4 atom stereocenters. The van der Waals surface area contributed by atoms with Crippen molar-refractivity contribution in [3.8, 4) is 22.6 Å². The normalized spacial score (nSPS) is 16.6. The van der Waals surface area contributed by atoms with Gasteiger partial charge in [-0.1, -0.05) is 68.1 Å². The number of rotatable bonds is 21. The van der Waals surface area contributed by atoms with E-state index in [0.717, 1.165) is 43.4 Å². The smallest absolute Gasteiger partial charge is 0.326 e. The first kappa shape index (κ1) is 49.3. The number of nitrogens with one attached hydrogen (secondary N) is 4. The molecule has 0 saturated heterocycles. The zero-order chi connectivity index (χ0) is 46.9. The zero-order valence-electron chi connectivity index (χ0n) is 37.1. The summed E-state index contributed by atoms with van der Waals surface area (Å²) in [6.07, 6.45) is 10.5. The van der Waals surface area contributed by atoms with Crippen LogP contribution in [0.4, 0.5) is 0 Å². The van der Waals surface area contributed by atoms with Gasteiger partial charge in [-0.3, -0.25) is 24.0 Å². The van der Waals surface area contributed by atoms with E-state index in [1.807, 2.05) is 6.07 Å². The van der Waals surface area contributed by atoms with Gasteiger partial charge < -0.3 is 51.6 Å². The number of quaternary nitrogens is 1. The van der Waals surface area contributed by atoms with Gasteiger partial charge in [-0.2, -0.15) is 0 Å². The number of aromatic nitrogens is 1. The maximum Gasteiger partial charge on any atom is 0.326 e. The molecule has 0 saturated carbocycles. The van der Waals surface area contributed by atoms with Crippen LogP contribution >= 0.6 is 0 Å². The lowest BCUT2D eigenvalue weighted by atomic mass is 9.93. The van der Waals surface area contributed by atoms with Gasteiger partial charge >= 0.3 is 5.97 Å². The predicted octanol–water partition coefficient (Wildman–Crippen LogP) is 3.73. The summed E-state index contributed by atoms with van der Waals surface area (Å²) in [6.45, 7) is 1.89. The number of phenols is 2. The number of amides is 5. The van der Waals surface area contributed by atoms with Crippen molar-refractivity contribution in [1.82, 2.24) is 31.2 Å². The number of carbonyl (C=O) groups is 6. The van der Waals surface area contributed by atoms with Crippen LogP contribution in [0, 0.1) is 0 Å². The molecule has 3 aromatic carbocycles. The van der Waals surface area contributed by atoms with Crippen molar-refractivity contribution in [2.24, 2.45) is 0 Å². The number of nitrogens with zero attached hydrogens (tertiary/aromatic N) is 2. The fourth-order valence-corrected chi connectivity index (χ4v) is 7.80. The van der Waals surface area contributed by atoms with Crippen molar-refractivity contribution >= 4 is 35.5 Å². The number of hydrogen-bond acceptors (Lipinski definition) is 10. The number of carbonyl (C=O) groups excluding carboxylic acids is 5. The molecule has 0 aliphatic carbocycles. The summed E-state index contributed by atoms with van der Waals surface area (Å²) in [4.78, 5) is 85.6. The SMILES string of the molecule is C[C@@H]1NC(=O)[C@@H](N(C)C(=O)[C@H](CCCC[NH3+])NC(=O)CCNC(=O)c2coc(CCCCCCCCc3ccccc3)n2)c2ccc(O)c(c2)-c2cc(ccc2O)C[C@@H](C(=O)O)NC1=O. The summed E-state index contributed by atoms with van der Waals surface area (Å²) in [7, 11) is 1.37. The lowest BCUT2D eigenvalue weighted by Crippen LogP contribution is -2.55. The number of unbranched alkanes of at least 4 members (excludes halogenated alkanes) is 6. The molecule has 348 valence electrons. The van der Waals surface area contributed by atoms with Crippen LogP contribution in [-0.2, 0) is 43.2 Å². The molecule has 0 spiro atoms. The number of carboxylic acids is 1. The third-order valence-electron chi connectivity index (χ3n) is 11.5. The van der Waals surface area contributed by atoms with Crippen LogP contribution < -0.4 is 27.0 Å². The second-order valence-corrected chi connectivity index (χ2v) is 16.5. The highest BCUT2D eigenvalue weighted by Gasteiger charge is 2.36. The minimum atomic E-state index is -1.44. The number of likely N-dealkylation sites (N-methyl/N-ethyl adjacent to an activating group) is 1. The lowest BCUT2D eigenvalue weighted by molar-refractivity contribution is -0.368. The fourth-order valence-electron chi connectivity index (χ4n) is 7.80. The molecule has 0 fully saturated rings. The highest BCUT2D eigenvalue weighted by atomic mass is 16.4. The zero-order valence-corrected chi connectivity index (χ0v) is 37.1. The Morgan fingerprint density at radius 3 is 2.25 bits per heavy atom. The Bertz CT molecular complexity index is 2270. The molecule has 4 aromatic rings. The molecule has 4 bridgehead atoms. The maximum absolute atomic E-state index is 14.4. The van der Waals surface area contributed by atoms with Crippen LogP contribution in [0.25, 0.3) is 11.1 Å². The lowest BCUT2D eigenvalue weighted by Gasteiger charge is -2.32. The van der Waals surface area contributed by atoms with Crippen molar-refractivity contribution < 1.29 is 54.2 Å². The van der Waals surface area contributed by atoms with Crippen LogP contribution in [0.1, 0.15) is 110 Å². The molecule has 0 unspecified atom stereocenters. The minimum absolute atomic E-state index is 0.0647. The Hall–Kier alpha value is -6.75. The number of aliphatic carboxylic acids is 1. The van der Waals surface area contributed by atoms with E-state index in [0.29, 0.717) is 37.3 Å². The average molecular weight is 897 g/mol. The predicted molar refractivity (Wildman–Crippen MR) is 240 cm³/mol. The van der Waals surface area contributed by atoms with Crippen LogP contribution in [0.15, 0.2) is 77.4 Å². The second-order valence-electron chi connectivity index (χ2n) is 16.5. The fraction of sp³-hybridized carbons (Fsp3) is 0.438. The summed E-state index contributed by atoms with van der Waals surface area (Å²) in [6, 6.07) is 13.7. The Morgan fingerprint density at radius 2 is 1.54 bits per heavy atom. The Balaban J connectivity index is 1.21. The van der Waals surface area contributed by atoms with Gasteiger partial charge in [-0.15, -0.1) is 0 Å². The number of oxazole rings is 1. The molecule has 65 heavy (non-hydrogen) atoms. The van der Waals surface area contributed by atoms with Gasteiger partial charge in [0.05, 0.1) is 6.54 Å². The number of benzene rings is 3. The molecule has 2 heterocycles. The van der Waals surface area contributed by atoms with Gasteiger partial charge in [-0.05, 0) is 86.4 Å². The van der Waals surface area contributed by atoms with Crippen molar-refractivity contribution in [2.45, 2.75) is 115 Å². The van der Waals surface area contributed by atoms with Crippen molar-refractivity contribution in [2.75, 3.05) is 20.1 Å². The van der Waals surface area contributed by atoms with Gasteiger partial charge in [0.2, 0.25) is 23.6 Å². The number of aryl methyl sites for hydroxylation is 2. The number of phenolic OH excluding ortho intramolecular Hbond substituents is 2. The van der Waals surface area contributed by atoms with E-state index in [2.05, 4.69) is 56.3 Å². The molecule has 0 radical (unpaired) electrons. The third kappa shape index (κ3) is 14.4. The third-order valence-corrected chi connectivity index (χ3v) is 11.5. The summed E-state index contributed by atoms with van der Waals surface area (Å²) >= 11 is 0. The molecule has 5 rings (SSSR count). The average Bonchev–Trinajstić information content (AvgIpc) is 3.77. The van der Waals surface area contributed by atoms with Gasteiger partial charge in [0.25, 0.3) is 5.91 Å². The van der Waals surface area contributed by atoms with Gasteiger partial charge in [0, 0.05) is 44.0 Å². The molecular formula is C48H62N7O10+. The number of carboxylic acid groups (broad SMARTS) is 1. The Morgan fingerprint density at radius 1 is 0.862 bits per heavy atom. The molecule has 1 aromatic heterocycles. The van der Waals surface area contributed by atoms with E-state index in [4.69, 9.17) is 4.42 Å². The highest BCUT2D eigenvalue weighted by Crippen LogP contribution is 2.39. The van der Waals surface area contributed by atoms with Crippen molar-refractivity contribution in [3.05, 3.63) is 101 Å². The largest absolute Gasteiger partial charge is 0.507 e. The number of aromatic hydroxyl groups is 2. The van der Waals surface area contributed by atoms with Gasteiger partial charge in [0.15, 0.2) is 11.6 Å². The van der Waals surface area contributed by atoms with E-state index in [1.54, 1.807) is 0 Å². The summed E-state index contributed by atoms with van der Waals surface area (Å²) in [5.41, 5.74) is 6.18. The van der Waals surface area contributed by atoms with Gasteiger partial charge in [-0.25, -0.2) is 9.78 Å². The van der Waals surface area contributed by atoms with E-state index in [-0.39, 0.29) is 59.7 Å². The standard InChI is InChI=1S/C48H61N7O10/c1-30-44(59)54-37(48(63)64)27-32-19-21-39(56)34(26-32)35-28-33(20-22-40(35)57)43(46(61)51-30)55(2)47(62)36(17-12-13-24-49)52-41(58)23-25-50-45(60)38-29-65-42(53-38)18-11-6-4-3-5-8-14-31-15-9-7-10-16-31/h7,9-10,15-16,19-22,26,28-30,36-37,43,56-57H,3-6,8,11-14,17-18,23-25,27,49H2,1-2H3,(H,50,60)(H,51,61)(H,52,58)(H,54,59)(H,63,64)/p+1/t30-,36-,37-,43-/m0/s1. The topological polar surface area (TPSA) is 268 Å². The quantitative estimate of drug-likeness (QED) is 0.0559. The molecule has 17 nitrogen and oxygen atoms in total. The molecule has 17 heteroatoms. The molecular weight excluding hydrogens is 835 g/mol. The first-order valence-corrected chi connectivity index (χ1v) is 22.4. The Labute approximate surface area is 378 Å². The molecule has 1 aliphatic rings. The first-order chi connectivity index (χ1) is 31.2. The summed E-state index contributed by atoms with van der Waals surface area (Å²) < 4.78 is 5.53. The first-order valence-electron chi connectivity index (χ1n) is 22.4. The van der Waals surface area contributed by atoms with E-state index in [1.165, 1.54) is 68.6 Å². The maximum atomic E-state index is 14.4. The van der Waals surface area contributed by atoms with Crippen molar-refractivity contribution in [1.29, 1.82) is 0 Å². The van der Waals surface area contributed by atoms with Crippen molar-refractivity contribution in [3.63, 3.8) is 0 Å². The molecule has 5 amide bonds. The monoisotopic (exact) mass is 896 g/mol. The van der Waals surface area contributed by atoms with E-state index >= 15 is 0 Å². The van der Waals surface area contributed by atoms with Crippen LogP contribution in [-0.4, -0.2) is 99.0 Å². The summed E-state index contributed by atoms with van der Waals surface area (Å²) in [5, 5.41) is 42.2. The van der Waals surface area contributed by atoms with Crippen LogP contribution in [0.3, 0.4) is 0 Å². The number of hydrogen-bond donors (Lipinski definition) is 8. The van der Waals surface area contributed by atoms with Gasteiger partial charge in [0.1, 0.15) is 41.9 Å². The minimum Gasteiger partial charge on any atom is -0.507 e. The van der Waals surface area contributed by atoms with E-state index in [9.17, 15) is 44.1 Å². The van der Waals surface area contributed by atoms with Crippen LogP contribution in [0.2, 0.25) is 0 Å². The number of fused-ring (bicyclic) bond motifs is 5. The van der Waals surface area contributed by atoms with Crippen LogP contribution in [0.5, 0.6) is 11.5 Å². The van der Waals surface area contributed by atoms with E-state index < -0.39 is 59.7 Å². The Kier molecular flexibility index (Phi) is 18.5. The molecule has 10 N–H and O–H groups in total. The summed E-state index contributed by atoms with van der Waals surface area (Å²) in [5.74, 6) is -4.68. The highest BCUT2D eigenvalue weighted by molar-refractivity contribution is 5.96. The second kappa shape index (κ2) is 24.4.